The Morgan fingerprint density at radius 2 is 1.96 bits per heavy atom. The van der Waals surface area contributed by atoms with E-state index < -0.39 is 0 Å². The van der Waals surface area contributed by atoms with E-state index in [-0.39, 0.29) is 11.7 Å². The number of benzene rings is 1. The molecule has 3 aromatic rings. The van der Waals surface area contributed by atoms with Gasteiger partial charge in [-0.05, 0) is 35.7 Å². The van der Waals surface area contributed by atoms with Crippen LogP contribution in [0.3, 0.4) is 0 Å². The maximum atomic E-state index is 12.3. The van der Waals surface area contributed by atoms with Crippen LogP contribution in [0.4, 0.5) is 0 Å². The molecule has 0 bridgehead atoms. The number of amides is 1. The number of hydrogen-bond donors (Lipinski definition) is 1. The van der Waals surface area contributed by atoms with Gasteiger partial charge in [0.25, 0.3) is 5.91 Å². The molecule has 2 aromatic heterocycles. The van der Waals surface area contributed by atoms with E-state index >= 15 is 0 Å². The zero-order chi connectivity index (χ0) is 16.9. The summed E-state index contributed by atoms with van der Waals surface area (Å²) in [5.74, 6) is 0.352. The van der Waals surface area contributed by atoms with Gasteiger partial charge in [0.05, 0.1) is 24.1 Å². The van der Waals surface area contributed by atoms with Gasteiger partial charge in [-0.25, -0.2) is 0 Å². The number of ether oxygens (including phenoxy) is 1. The summed E-state index contributed by atoms with van der Waals surface area (Å²) in [7, 11) is 1.54. The molecule has 24 heavy (non-hydrogen) atoms. The van der Waals surface area contributed by atoms with Crippen LogP contribution in [0.2, 0.25) is 0 Å². The molecule has 122 valence electrons. The van der Waals surface area contributed by atoms with Gasteiger partial charge in [-0.15, -0.1) is 11.3 Å². The molecule has 0 aliphatic carbocycles. The van der Waals surface area contributed by atoms with Crippen molar-refractivity contribution in [3.05, 3.63) is 74.1 Å². The summed E-state index contributed by atoms with van der Waals surface area (Å²) in [6, 6.07) is 12.6. The van der Waals surface area contributed by atoms with E-state index in [1.165, 1.54) is 29.8 Å². The van der Waals surface area contributed by atoms with E-state index in [9.17, 15) is 9.59 Å². The fourth-order valence-corrected chi connectivity index (χ4v) is 3.77. The molecule has 0 radical (unpaired) electrons. The van der Waals surface area contributed by atoms with Crippen molar-refractivity contribution in [2.45, 2.75) is 6.54 Å². The first-order valence-electron chi connectivity index (χ1n) is 7.26. The maximum absolute atomic E-state index is 12.3. The van der Waals surface area contributed by atoms with Gasteiger partial charge >= 0.3 is 0 Å². The summed E-state index contributed by atoms with van der Waals surface area (Å²) < 4.78 is 5.19. The Morgan fingerprint density at radius 1 is 1.12 bits per heavy atom. The number of carbonyl (C=O) groups is 2. The van der Waals surface area contributed by atoms with Gasteiger partial charge in [0.1, 0.15) is 5.75 Å². The molecule has 0 unspecified atom stereocenters. The normalized spacial score (nSPS) is 10.4. The van der Waals surface area contributed by atoms with E-state index in [0.29, 0.717) is 28.3 Å². The summed E-state index contributed by atoms with van der Waals surface area (Å²) in [5.41, 5.74) is 1.19. The lowest BCUT2D eigenvalue weighted by Gasteiger charge is -2.08. The van der Waals surface area contributed by atoms with E-state index in [1.807, 2.05) is 29.0 Å². The van der Waals surface area contributed by atoms with Gasteiger partial charge in [0.2, 0.25) is 5.78 Å². The van der Waals surface area contributed by atoms with Crippen molar-refractivity contribution in [1.29, 1.82) is 0 Å². The second-order valence-corrected chi connectivity index (χ2v) is 6.94. The van der Waals surface area contributed by atoms with Crippen LogP contribution in [-0.2, 0) is 6.54 Å². The van der Waals surface area contributed by atoms with Crippen LogP contribution < -0.4 is 10.1 Å². The molecule has 1 N–H and O–H groups in total. The smallest absolute Gasteiger partial charge is 0.255 e. The Bertz CT molecular complexity index is 853. The van der Waals surface area contributed by atoms with Crippen molar-refractivity contribution >= 4 is 34.4 Å². The van der Waals surface area contributed by atoms with Crippen molar-refractivity contribution in [2.75, 3.05) is 7.11 Å². The first-order valence-corrected chi connectivity index (χ1v) is 9.02. The predicted molar refractivity (Wildman–Crippen MR) is 96.2 cm³/mol. The Hall–Kier alpha value is -2.44. The van der Waals surface area contributed by atoms with Gasteiger partial charge in [-0.2, -0.15) is 11.3 Å². The molecule has 0 spiro atoms. The molecule has 0 saturated heterocycles. The quantitative estimate of drug-likeness (QED) is 0.679. The molecule has 1 amide bonds. The van der Waals surface area contributed by atoms with Gasteiger partial charge < -0.3 is 10.1 Å². The van der Waals surface area contributed by atoms with Crippen molar-refractivity contribution in [3.8, 4) is 5.75 Å². The highest BCUT2D eigenvalue weighted by Gasteiger charge is 2.14. The van der Waals surface area contributed by atoms with Crippen LogP contribution in [0.5, 0.6) is 5.75 Å². The Balaban J connectivity index is 1.65. The third kappa shape index (κ3) is 3.55. The predicted octanol–water partition coefficient (Wildman–Crippen LogP) is 3.98. The van der Waals surface area contributed by atoms with Crippen LogP contribution in [0.15, 0.2) is 53.2 Å². The molecule has 0 aliphatic rings. The van der Waals surface area contributed by atoms with Crippen molar-refractivity contribution in [3.63, 3.8) is 0 Å². The molecule has 0 saturated carbocycles. The van der Waals surface area contributed by atoms with E-state index in [4.69, 9.17) is 4.74 Å². The molecule has 3 rings (SSSR count). The average Bonchev–Trinajstić information content (AvgIpc) is 3.30. The molecule has 6 heteroatoms. The third-order valence-electron chi connectivity index (χ3n) is 3.44. The molecule has 0 atom stereocenters. The minimum Gasteiger partial charge on any atom is -0.496 e. The summed E-state index contributed by atoms with van der Waals surface area (Å²) >= 11 is 2.90. The zero-order valence-electron chi connectivity index (χ0n) is 12.9. The number of ketones is 1. The van der Waals surface area contributed by atoms with Crippen LogP contribution in [0, 0.1) is 0 Å². The van der Waals surface area contributed by atoms with E-state index in [2.05, 4.69) is 5.32 Å². The lowest BCUT2D eigenvalue weighted by Crippen LogP contribution is -2.22. The molecule has 1 aromatic carbocycles. The summed E-state index contributed by atoms with van der Waals surface area (Å²) in [6.45, 7) is 0.373. The minimum absolute atomic E-state index is 0.0172. The topological polar surface area (TPSA) is 55.4 Å². The number of thiophene rings is 2. The van der Waals surface area contributed by atoms with E-state index in [0.717, 1.165) is 4.88 Å². The maximum Gasteiger partial charge on any atom is 0.255 e. The van der Waals surface area contributed by atoms with Crippen LogP contribution in [0.25, 0.3) is 0 Å². The standard InChI is InChI=1S/C18H15NO3S2/c1-22-15-5-3-2-4-14(15)18(21)19-10-13-6-7-16(24-13)17(20)12-8-9-23-11-12/h2-9,11H,10H2,1H3,(H,19,21). The highest BCUT2D eigenvalue weighted by atomic mass is 32.1. The van der Waals surface area contributed by atoms with Gasteiger partial charge in [0.15, 0.2) is 0 Å². The van der Waals surface area contributed by atoms with Gasteiger partial charge in [0, 0.05) is 15.8 Å². The van der Waals surface area contributed by atoms with Crippen molar-refractivity contribution in [1.82, 2.24) is 5.32 Å². The zero-order valence-corrected chi connectivity index (χ0v) is 14.6. The molecular weight excluding hydrogens is 342 g/mol. The summed E-state index contributed by atoms with van der Waals surface area (Å²) in [4.78, 5) is 26.2. The first kappa shape index (κ1) is 16.4. The highest BCUT2D eigenvalue weighted by molar-refractivity contribution is 7.14. The van der Waals surface area contributed by atoms with Gasteiger partial charge in [-0.3, -0.25) is 9.59 Å². The lowest BCUT2D eigenvalue weighted by molar-refractivity contribution is 0.0947. The molecular formula is C18H15NO3S2. The Labute approximate surface area is 147 Å². The summed E-state index contributed by atoms with van der Waals surface area (Å²) in [6.07, 6.45) is 0. The lowest BCUT2D eigenvalue weighted by atomic mass is 10.2. The van der Waals surface area contributed by atoms with Gasteiger partial charge in [-0.1, -0.05) is 12.1 Å². The average molecular weight is 357 g/mol. The monoisotopic (exact) mass is 357 g/mol. The number of carbonyl (C=O) groups excluding carboxylic acids is 2. The second-order valence-electron chi connectivity index (χ2n) is 4.99. The SMILES string of the molecule is COc1ccccc1C(=O)NCc1ccc(C(=O)c2ccsc2)s1. The molecule has 2 heterocycles. The van der Waals surface area contributed by atoms with Crippen LogP contribution >= 0.6 is 22.7 Å². The Kier molecular flexibility index (Phi) is 5.08. The van der Waals surface area contributed by atoms with Crippen molar-refractivity contribution in [2.24, 2.45) is 0 Å². The van der Waals surface area contributed by atoms with Crippen LogP contribution in [-0.4, -0.2) is 18.8 Å². The first-order chi connectivity index (χ1) is 11.7. The number of hydrogen-bond acceptors (Lipinski definition) is 5. The molecule has 0 aliphatic heterocycles. The second kappa shape index (κ2) is 7.42. The van der Waals surface area contributed by atoms with Crippen molar-refractivity contribution < 1.29 is 14.3 Å². The number of rotatable bonds is 6. The fourth-order valence-electron chi connectivity index (χ4n) is 2.23. The molecule has 4 nitrogen and oxygen atoms in total. The fraction of sp³-hybridized carbons (Fsp3) is 0.111. The largest absolute Gasteiger partial charge is 0.496 e. The number of para-hydroxylation sites is 1. The number of methoxy groups -OCH3 is 1. The minimum atomic E-state index is -0.202. The van der Waals surface area contributed by atoms with E-state index in [1.54, 1.807) is 24.3 Å². The van der Waals surface area contributed by atoms with Crippen LogP contribution in [0.1, 0.15) is 30.5 Å². The number of nitrogens with one attached hydrogen (secondary N) is 1. The molecule has 0 fully saturated rings. The summed E-state index contributed by atoms with van der Waals surface area (Å²) in [5, 5.41) is 6.58. The Morgan fingerprint density at radius 3 is 2.71 bits per heavy atom. The third-order valence-corrected chi connectivity index (χ3v) is 5.21. The highest BCUT2D eigenvalue weighted by Crippen LogP contribution is 2.22.